The van der Waals surface area contributed by atoms with Crippen molar-refractivity contribution in [2.45, 2.75) is 57.7 Å². The van der Waals surface area contributed by atoms with E-state index in [1.807, 2.05) is 0 Å². The molecule has 1 saturated heterocycles. The monoisotopic (exact) mass is 473 g/mol. The van der Waals surface area contributed by atoms with Crippen LogP contribution in [0.15, 0.2) is 36.1 Å². The first-order chi connectivity index (χ1) is 15.5. The van der Waals surface area contributed by atoms with Crippen LogP contribution in [0.5, 0.6) is 5.88 Å². The van der Waals surface area contributed by atoms with Gasteiger partial charge in [-0.05, 0) is 39.8 Å². The third-order valence-electron chi connectivity index (χ3n) is 5.27. The lowest BCUT2D eigenvalue weighted by Gasteiger charge is -2.46. The smallest absolute Gasteiger partial charge is 0.275 e. The molecule has 1 amide bonds. The van der Waals surface area contributed by atoms with Crippen molar-refractivity contribution in [3.05, 3.63) is 53.4 Å². The average molecular weight is 474 g/mol. The van der Waals surface area contributed by atoms with E-state index in [1.165, 1.54) is 24.0 Å². The Morgan fingerprint density at radius 2 is 1.85 bits per heavy atom. The Labute approximate surface area is 194 Å². The summed E-state index contributed by atoms with van der Waals surface area (Å²) in [5, 5.41) is 7.82. The van der Waals surface area contributed by atoms with Crippen LogP contribution in [0.3, 0.4) is 0 Å². The number of aromatic nitrogens is 3. The van der Waals surface area contributed by atoms with Crippen molar-refractivity contribution in [2.24, 2.45) is 0 Å². The Hall–Kier alpha value is -2.98. The number of rotatable bonds is 5. The minimum Gasteiger partial charge on any atom is -0.473 e. The van der Waals surface area contributed by atoms with Crippen LogP contribution in [-0.2, 0) is 0 Å². The minimum atomic E-state index is -0.740. The van der Waals surface area contributed by atoms with Gasteiger partial charge in [0.05, 0.1) is 11.8 Å². The van der Waals surface area contributed by atoms with Crippen molar-refractivity contribution in [3.63, 3.8) is 0 Å². The van der Waals surface area contributed by atoms with Gasteiger partial charge < -0.3 is 15.4 Å². The van der Waals surface area contributed by atoms with Gasteiger partial charge >= 0.3 is 0 Å². The van der Waals surface area contributed by atoms with Gasteiger partial charge in [0.1, 0.15) is 40.5 Å². The Kier molecular flexibility index (Phi) is 6.15. The first-order valence-electron chi connectivity index (χ1n) is 10.5. The van der Waals surface area contributed by atoms with E-state index in [4.69, 9.17) is 4.74 Å². The third-order valence-corrected chi connectivity index (χ3v) is 6.13. The number of hydrogen-bond donors (Lipinski definition) is 2. The Morgan fingerprint density at radius 3 is 2.52 bits per heavy atom. The number of hydrogen-bond acceptors (Lipinski definition) is 7. The summed E-state index contributed by atoms with van der Waals surface area (Å²) >= 11 is 0.981. The van der Waals surface area contributed by atoms with Gasteiger partial charge in [-0.15, -0.1) is 11.3 Å². The normalized spacial score (nSPS) is 17.5. The van der Waals surface area contributed by atoms with Crippen molar-refractivity contribution < 1.29 is 18.3 Å². The fourth-order valence-electron chi connectivity index (χ4n) is 4.35. The summed E-state index contributed by atoms with van der Waals surface area (Å²) in [6.07, 6.45) is 4.21. The van der Waals surface area contributed by atoms with E-state index < -0.39 is 17.5 Å². The lowest BCUT2D eigenvalue weighted by molar-refractivity contribution is 0.0533. The van der Waals surface area contributed by atoms with Crippen molar-refractivity contribution in [3.8, 4) is 16.5 Å². The second kappa shape index (κ2) is 8.75. The van der Waals surface area contributed by atoms with Crippen LogP contribution in [0.25, 0.3) is 10.6 Å². The van der Waals surface area contributed by atoms with Gasteiger partial charge in [0.25, 0.3) is 5.91 Å². The molecule has 1 fully saturated rings. The highest BCUT2D eigenvalue weighted by atomic mass is 32.1. The second-order valence-electron chi connectivity index (χ2n) is 9.37. The number of anilines is 1. The number of nitrogens with one attached hydrogen (secondary N) is 2. The van der Waals surface area contributed by atoms with Crippen molar-refractivity contribution >= 4 is 22.9 Å². The zero-order valence-corrected chi connectivity index (χ0v) is 19.6. The van der Waals surface area contributed by atoms with Crippen LogP contribution in [0.4, 0.5) is 14.5 Å². The molecule has 0 atom stereocenters. The molecule has 1 aliphatic heterocycles. The molecule has 3 heterocycles. The van der Waals surface area contributed by atoms with Crippen LogP contribution >= 0.6 is 11.3 Å². The van der Waals surface area contributed by atoms with Crippen LogP contribution in [-0.4, -0.2) is 38.0 Å². The summed E-state index contributed by atoms with van der Waals surface area (Å²) < 4.78 is 34.3. The van der Waals surface area contributed by atoms with E-state index in [2.05, 4.69) is 53.3 Å². The van der Waals surface area contributed by atoms with E-state index in [9.17, 15) is 13.6 Å². The molecule has 4 rings (SSSR count). The van der Waals surface area contributed by atoms with Gasteiger partial charge in [0.15, 0.2) is 0 Å². The van der Waals surface area contributed by atoms with Gasteiger partial charge in [-0.2, -0.15) is 4.98 Å². The molecule has 0 saturated carbocycles. The molecule has 3 aromatic rings. The molecule has 0 bridgehead atoms. The van der Waals surface area contributed by atoms with Crippen LogP contribution in [0, 0.1) is 11.6 Å². The number of carbonyl (C=O) groups is 1. The van der Waals surface area contributed by atoms with Crippen LogP contribution in [0.1, 0.15) is 51.0 Å². The lowest BCUT2D eigenvalue weighted by Crippen LogP contribution is -2.60. The summed E-state index contributed by atoms with van der Waals surface area (Å²) in [5.41, 5.74) is -0.187. The molecule has 0 unspecified atom stereocenters. The molecular formula is C23H25F2N5O2S. The lowest BCUT2D eigenvalue weighted by atomic mass is 9.81. The number of benzene rings is 1. The van der Waals surface area contributed by atoms with Crippen molar-refractivity contribution in [2.75, 3.05) is 5.32 Å². The van der Waals surface area contributed by atoms with E-state index in [1.54, 1.807) is 0 Å². The van der Waals surface area contributed by atoms with E-state index in [0.717, 1.165) is 36.3 Å². The molecule has 1 aliphatic rings. The molecule has 2 aromatic heterocycles. The molecule has 33 heavy (non-hydrogen) atoms. The van der Waals surface area contributed by atoms with Crippen LogP contribution in [0.2, 0.25) is 0 Å². The predicted molar refractivity (Wildman–Crippen MR) is 122 cm³/mol. The quantitative estimate of drug-likeness (QED) is 0.552. The molecule has 0 radical (unpaired) electrons. The summed E-state index contributed by atoms with van der Waals surface area (Å²) in [5.74, 6) is -1.78. The first-order valence-corrected chi connectivity index (χ1v) is 11.4. The molecule has 10 heteroatoms. The number of ether oxygens (including phenoxy) is 1. The number of nitrogens with zero attached hydrogens (tertiary/aromatic N) is 3. The SMILES string of the molecule is CC1(C)CC(Oc2ncncc2NC(=O)c2csc(-c3c(F)cccc3F)n2)CC(C)(C)N1. The zero-order valence-electron chi connectivity index (χ0n) is 18.8. The average Bonchev–Trinajstić information content (AvgIpc) is 3.17. The number of carbonyl (C=O) groups excluding carboxylic acids is 1. The summed E-state index contributed by atoms with van der Waals surface area (Å²) in [6, 6.07) is 3.57. The maximum Gasteiger partial charge on any atom is 0.275 e. The fraction of sp³-hybridized carbons (Fsp3) is 0.391. The molecule has 2 N–H and O–H groups in total. The molecular weight excluding hydrogens is 448 g/mol. The summed E-state index contributed by atoms with van der Waals surface area (Å²) in [6.45, 7) is 8.46. The van der Waals surface area contributed by atoms with E-state index >= 15 is 0 Å². The predicted octanol–water partition coefficient (Wildman–Crippen LogP) is 4.82. The molecule has 0 aliphatic carbocycles. The highest BCUT2D eigenvalue weighted by Crippen LogP contribution is 2.33. The zero-order chi connectivity index (χ0) is 23.8. The topological polar surface area (TPSA) is 89.0 Å². The molecule has 1 aromatic carbocycles. The fourth-order valence-corrected chi connectivity index (χ4v) is 5.20. The van der Waals surface area contributed by atoms with Crippen molar-refractivity contribution in [1.29, 1.82) is 0 Å². The standard InChI is InChI=1S/C23H25F2N5O2S/c1-22(2)8-13(9-23(3,4)30-22)32-20-16(10-26-12-27-20)28-19(31)17-11-33-21(29-17)18-14(24)6-5-7-15(18)25/h5-7,10-13,30H,8-9H2,1-4H3,(H,28,31). The Balaban J connectivity index is 1.52. The second-order valence-corrected chi connectivity index (χ2v) is 10.2. The van der Waals surface area contributed by atoms with E-state index in [0.29, 0.717) is 5.69 Å². The van der Waals surface area contributed by atoms with Gasteiger partial charge in [0.2, 0.25) is 5.88 Å². The number of thiazole rings is 1. The largest absolute Gasteiger partial charge is 0.473 e. The molecule has 7 nitrogen and oxygen atoms in total. The number of piperidine rings is 1. The van der Waals surface area contributed by atoms with Gasteiger partial charge in [0, 0.05) is 29.3 Å². The van der Waals surface area contributed by atoms with Gasteiger partial charge in [-0.25, -0.2) is 18.7 Å². The molecule has 174 valence electrons. The van der Waals surface area contributed by atoms with Crippen LogP contribution < -0.4 is 15.4 Å². The van der Waals surface area contributed by atoms with Gasteiger partial charge in [-0.1, -0.05) is 6.07 Å². The van der Waals surface area contributed by atoms with Crippen molar-refractivity contribution in [1.82, 2.24) is 20.3 Å². The maximum atomic E-state index is 14.1. The van der Waals surface area contributed by atoms with E-state index in [-0.39, 0.29) is 39.3 Å². The highest BCUT2D eigenvalue weighted by molar-refractivity contribution is 7.13. The third kappa shape index (κ3) is 5.33. The molecule has 0 spiro atoms. The van der Waals surface area contributed by atoms with Gasteiger partial charge in [-0.3, -0.25) is 4.79 Å². The Morgan fingerprint density at radius 1 is 1.18 bits per heavy atom. The number of halogens is 2. The summed E-state index contributed by atoms with van der Waals surface area (Å²) in [7, 11) is 0. The highest BCUT2D eigenvalue weighted by Gasteiger charge is 2.39. The maximum absolute atomic E-state index is 14.1. The Bertz CT molecular complexity index is 1140. The number of amides is 1. The summed E-state index contributed by atoms with van der Waals surface area (Å²) in [4.78, 5) is 25.1. The minimum absolute atomic E-state index is 0.0246. The first kappa shape index (κ1) is 23.2.